The molecule has 1 fully saturated rings. The highest BCUT2D eigenvalue weighted by molar-refractivity contribution is 7.88. The van der Waals surface area contributed by atoms with Crippen LogP contribution in [0.15, 0.2) is 24.3 Å². The fourth-order valence-corrected chi connectivity index (χ4v) is 4.37. The summed E-state index contributed by atoms with van der Waals surface area (Å²) >= 11 is 0. The van der Waals surface area contributed by atoms with Crippen LogP contribution in [0.2, 0.25) is 0 Å². The molecule has 0 saturated carbocycles. The molecular weight excluding hydrogens is 288 g/mol. The molecule has 0 spiro atoms. The first-order valence-electron chi connectivity index (χ1n) is 7.36. The van der Waals surface area contributed by atoms with E-state index in [0.29, 0.717) is 19.8 Å². The average Bonchev–Trinajstić information content (AvgIpc) is 2.49. The van der Waals surface area contributed by atoms with Crippen molar-refractivity contribution >= 4 is 10.0 Å². The molecule has 21 heavy (non-hydrogen) atoms. The number of hydrogen-bond acceptors (Lipinski definition) is 4. The number of morpholine rings is 1. The van der Waals surface area contributed by atoms with Crippen LogP contribution in [-0.2, 0) is 27.1 Å². The number of nitrogens with zero attached hydrogens (tertiary/aromatic N) is 1. The number of hydrogen-bond donors (Lipinski definition) is 1. The van der Waals surface area contributed by atoms with E-state index in [0.717, 1.165) is 24.1 Å². The summed E-state index contributed by atoms with van der Waals surface area (Å²) in [6, 6.07) is 7.69. The number of nitrogens with one attached hydrogen (secondary N) is 1. The van der Waals surface area contributed by atoms with Crippen LogP contribution in [0, 0.1) is 0 Å². The quantitative estimate of drug-likeness (QED) is 0.861. The lowest BCUT2D eigenvalue weighted by molar-refractivity contribution is 0.0313. The van der Waals surface area contributed by atoms with Crippen LogP contribution < -0.4 is 5.32 Å². The molecular formula is C15H24N2O3S. The van der Waals surface area contributed by atoms with E-state index in [9.17, 15) is 8.42 Å². The highest BCUT2D eigenvalue weighted by Gasteiger charge is 2.31. The minimum Gasteiger partial charge on any atom is -0.378 e. The van der Waals surface area contributed by atoms with Crippen LogP contribution in [0.4, 0.5) is 0 Å². The normalized spacial score (nSPS) is 20.6. The predicted octanol–water partition coefficient (Wildman–Crippen LogP) is 1.35. The largest absolute Gasteiger partial charge is 0.378 e. The Bertz CT molecular complexity index is 543. The van der Waals surface area contributed by atoms with Gasteiger partial charge in [0.25, 0.3) is 0 Å². The molecule has 1 heterocycles. The maximum absolute atomic E-state index is 12.6. The summed E-state index contributed by atoms with van der Waals surface area (Å²) in [5.74, 6) is 0.0589. The van der Waals surface area contributed by atoms with Gasteiger partial charge in [0.1, 0.15) is 0 Å². The molecule has 118 valence electrons. The lowest BCUT2D eigenvalue weighted by atomic mass is 10.1. The van der Waals surface area contributed by atoms with Crippen molar-refractivity contribution in [2.45, 2.75) is 31.7 Å². The summed E-state index contributed by atoms with van der Waals surface area (Å²) in [7, 11) is -1.39. The monoisotopic (exact) mass is 312 g/mol. The Morgan fingerprint density at radius 2 is 1.95 bits per heavy atom. The van der Waals surface area contributed by atoms with Crippen LogP contribution in [-0.4, -0.2) is 45.6 Å². The van der Waals surface area contributed by atoms with Crippen molar-refractivity contribution < 1.29 is 13.2 Å². The van der Waals surface area contributed by atoms with Crippen molar-refractivity contribution in [1.82, 2.24) is 9.62 Å². The van der Waals surface area contributed by atoms with Gasteiger partial charge in [0, 0.05) is 19.1 Å². The van der Waals surface area contributed by atoms with Gasteiger partial charge in [-0.05, 0) is 24.6 Å². The molecule has 2 rings (SSSR count). The van der Waals surface area contributed by atoms with E-state index in [4.69, 9.17) is 4.74 Å². The molecule has 1 aliphatic rings. The Hall–Kier alpha value is -0.950. The summed E-state index contributed by atoms with van der Waals surface area (Å²) in [5, 5.41) is 3.08. The van der Waals surface area contributed by atoms with E-state index in [1.807, 2.05) is 38.2 Å². The second-order valence-electron chi connectivity index (χ2n) is 5.35. The van der Waals surface area contributed by atoms with Gasteiger partial charge in [-0.2, -0.15) is 4.31 Å². The fraction of sp³-hybridized carbons (Fsp3) is 0.600. The molecule has 1 aromatic rings. The summed E-state index contributed by atoms with van der Waals surface area (Å²) in [6.07, 6.45) is 0.778. The summed E-state index contributed by atoms with van der Waals surface area (Å²) in [5.41, 5.74) is 1.98. The fourth-order valence-electron chi connectivity index (χ4n) is 2.58. The SMILES string of the molecule is CCC1COCCN1S(=O)(=O)Cc1ccc(CNC)cc1. The minimum atomic E-state index is -3.29. The van der Waals surface area contributed by atoms with Crippen LogP contribution in [0.5, 0.6) is 0 Å². The third-order valence-electron chi connectivity index (χ3n) is 3.76. The molecule has 1 N–H and O–H groups in total. The molecule has 1 aliphatic heterocycles. The standard InChI is InChI=1S/C15H24N2O3S/c1-3-15-11-20-9-8-17(15)21(18,19)12-14-6-4-13(5-7-14)10-16-2/h4-7,15-16H,3,8-12H2,1-2H3. The molecule has 0 radical (unpaired) electrons. The Morgan fingerprint density at radius 1 is 1.29 bits per heavy atom. The average molecular weight is 312 g/mol. The van der Waals surface area contributed by atoms with Crippen LogP contribution >= 0.6 is 0 Å². The van der Waals surface area contributed by atoms with Crippen molar-refractivity contribution in [1.29, 1.82) is 0 Å². The van der Waals surface area contributed by atoms with Crippen molar-refractivity contribution in [3.63, 3.8) is 0 Å². The Labute approximate surface area is 127 Å². The summed E-state index contributed by atoms with van der Waals surface area (Å²) in [4.78, 5) is 0. The Balaban J connectivity index is 2.09. The molecule has 1 aromatic carbocycles. The molecule has 0 amide bonds. The van der Waals surface area contributed by atoms with Gasteiger partial charge >= 0.3 is 0 Å². The Kier molecular flexibility index (Phi) is 5.75. The number of ether oxygens (including phenoxy) is 1. The zero-order valence-corrected chi connectivity index (χ0v) is 13.5. The van der Waals surface area contributed by atoms with E-state index < -0.39 is 10.0 Å². The first kappa shape index (κ1) is 16.4. The van der Waals surface area contributed by atoms with Gasteiger partial charge in [-0.15, -0.1) is 0 Å². The maximum Gasteiger partial charge on any atom is 0.218 e. The van der Waals surface area contributed by atoms with Gasteiger partial charge in [-0.3, -0.25) is 0 Å². The molecule has 6 heteroatoms. The van der Waals surface area contributed by atoms with Gasteiger partial charge in [0.05, 0.1) is 19.0 Å². The van der Waals surface area contributed by atoms with E-state index in [-0.39, 0.29) is 11.8 Å². The van der Waals surface area contributed by atoms with Gasteiger partial charge < -0.3 is 10.1 Å². The van der Waals surface area contributed by atoms with Crippen LogP contribution in [0.3, 0.4) is 0 Å². The van der Waals surface area contributed by atoms with Crippen LogP contribution in [0.1, 0.15) is 24.5 Å². The van der Waals surface area contributed by atoms with Crippen molar-refractivity contribution in [2.24, 2.45) is 0 Å². The first-order chi connectivity index (χ1) is 10.1. The van der Waals surface area contributed by atoms with E-state index in [2.05, 4.69) is 5.32 Å². The van der Waals surface area contributed by atoms with Gasteiger partial charge in [0.2, 0.25) is 10.0 Å². The molecule has 0 aliphatic carbocycles. The van der Waals surface area contributed by atoms with Gasteiger partial charge in [0.15, 0.2) is 0 Å². The van der Waals surface area contributed by atoms with E-state index in [1.54, 1.807) is 4.31 Å². The highest BCUT2D eigenvalue weighted by Crippen LogP contribution is 2.19. The molecule has 5 nitrogen and oxygen atoms in total. The van der Waals surface area contributed by atoms with E-state index >= 15 is 0 Å². The third kappa shape index (κ3) is 4.26. The highest BCUT2D eigenvalue weighted by atomic mass is 32.2. The van der Waals surface area contributed by atoms with Gasteiger partial charge in [-0.1, -0.05) is 31.2 Å². The lowest BCUT2D eigenvalue weighted by Crippen LogP contribution is -2.48. The Morgan fingerprint density at radius 3 is 2.57 bits per heavy atom. The number of benzene rings is 1. The molecule has 1 atom stereocenters. The van der Waals surface area contributed by atoms with Crippen molar-refractivity contribution in [3.05, 3.63) is 35.4 Å². The van der Waals surface area contributed by atoms with Crippen LogP contribution in [0.25, 0.3) is 0 Å². The zero-order valence-electron chi connectivity index (χ0n) is 12.7. The maximum atomic E-state index is 12.6. The molecule has 1 saturated heterocycles. The van der Waals surface area contributed by atoms with E-state index in [1.165, 1.54) is 0 Å². The van der Waals surface area contributed by atoms with Crippen molar-refractivity contribution in [3.8, 4) is 0 Å². The smallest absolute Gasteiger partial charge is 0.218 e. The lowest BCUT2D eigenvalue weighted by Gasteiger charge is -2.34. The summed E-state index contributed by atoms with van der Waals surface area (Å²) in [6.45, 7) is 4.22. The molecule has 0 aromatic heterocycles. The molecule has 0 bridgehead atoms. The predicted molar refractivity (Wildman–Crippen MR) is 83.4 cm³/mol. The van der Waals surface area contributed by atoms with Crippen molar-refractivity contribution in [2.75, 3.05) is 26.8 Å². The van der Waals surface area contributed by atoms with Gasteiger partial charge in [-0.25, -0.2) is 8.42 Å². The number of sulfonamides is 1. The summed E-state index contributed by atoms with van der Waals surface area (Å²) < 4.78 is 32.2. The zero-order chi connectivity index (χ0) is 15.3. The second-order valence-corrected chi connectivity index (χ2v) is 7.27. The molecule has 1 unspecified atom stereocenters. The third-order valence-corrected chi connectivity index (χ3v) is 5.65. The first-order valence-corrected chi connectivity index (χ1v) is 8.97. The number of rotatable bonds is 6. The minimum absolute atomic E-state index is 0.0349. The topological polar surface area (TPSA) is 58.6 Å². The second kappa shape index (κ2) is 7.35.